The van der Waals surface area contributed by atoms with E-state index in [1.54, 1.807) is 0 Å². The van der Waals surface area contributed by atoms with E-state index in [1.165, 1.54) is 5.56 Å². The molecule has 2 heterocycles. The lowest BCUT2D eigenvalue weighted by molar-refractivity contribution is -0.0110. The number of rotatable bonds is 9. The first-order chi connectivity index (χ1) is 19.0. The molecule has 2 aliphatic rings. The molecule has 2 atom stereocenters. The predicted octanol–water partition coefficient (Wildman–Crippen LogP) is 5.13. The zero-order valence-corrected chi connectivity index (χ0v) is 23.0. The molecule has 0 radical (unpaired) electrons. The van der Waals surface area contributed by atoms with Crippen molar-refractivity contribution < 1.29 is 14.6 Å². The van der Waals surface area contributed by atoms with Gasteiger partial charge in [-0.3, -0.25) is 4.90 Å². The number of aliphatic hydroxyl groups is 1. The molecule has 6 heteroatoms. The molecule has 206 valence electrons. The van der Waals surface area contributed by atoms with Gasteiger partial charge >= 0.3 is 6.09 Å². The summed E-state index contributed by atoms with van der Waals surface area (Å²) in [6.45, 7) is 7.74. The molecule has 0 spiro atoms. The van der Waals surface area contributed by atoms with Crippen molar-refractivity contribution in [2.24, 2.45) is 5.92 Å². The molecule has 0 aromatic heterocycles. The van der Waals surface area contributed by atoms with Crippen molar-refractivity contribution in [3.05, 3.63) is 108 Å². The third-order valence-corrected chi connectivity index (χ3v) is 8.32. The van der Waals surface area contributed by atoms with Crippen molar-refractivity contribution in [2.75, 3.05) is 39.3 Å². The minimum absolute atomic E-state index is 0.102. The van der Waals surface area contributed by atoms with E-state index in [0.717, 1.165) is 56.7 Å². The lowest BCUT2D eigenvalue weighted by Crippen LogP contribution is -2.49. The van der Waals surface area contributed by atoms with Crippen LogP contribution < -0.4 is 0 Å². The molecular formula is C33H41N3O3. The second kappa shape index (κ2) is 12.8. The van der Waals surface area contributed by atoms with Crippen LogP contribution in [0.1, 0.15) is 36.5 Å². The Morgan fingerprint density at radius 2 is 1.49 bits per heavy atom. The van der Waals surface area contributed by atoms with Gasteiger partial charge in [0.25, 0.3) is 0 Å². The van der Waals surface area contributed by atoms with Gasteiger partial charge < -0.3 is 19.6 Å². The quantitative estimate of drug-likeness (QED) is 0.418. The number of piperidine rings is 1. The Hall–Kier alpha value is -3.19. The summed E-state index contributed by atoms with van der Waals surface area (Å²) in [5, 5.41) is 12.1. The number of amides is 1. The molecule has 1 amide bonds. The second-order valence-corrected chi connectivity index (χ2v) is 11.0. The van der Waals surface area contributed by atoms with Crippen molar-refractivity contribution in [1.29, 1.82) is 0 Å². The third-order valence-electron chi connectivity index (χ3n) is 8.32. The maximum Gasteiger partial charge on any atom is 0.410 e. The van der Waals surface area contributed by atoms with Crippen molar-refractivity contribution >= 4 is 6.09 Å². The summed E-state index contributed by atoms with van der Waals surface area (Å²) in [4.78, 5) is 19.7. The van der Waals surface area contributed by atoms with Gasteiger partial charge in [-0.25, -0.2) is 4.79 Å². The van der Waals surface area contributed by atoms with Gasteiger partial charge in [-0.1, -0.05) is 91.0 Å². The monoisotopic (exact) mass is 527 g/mol. The van der Waals surface area contributed by atoms with Crippen molar-refractivity contribution in [3.8, 4) is 0 Å². The van der Waals surface area contributed by atoms with Gasteiger partial charge in [0.15, 0.2) is 0 Å². The summed E-state index contributed by atoms with van der Waals surface area (Å²) in [5.74, 6) is 0.102. The highest BCUT2D eigenvalue weighted by atomic mass is 16.6. The SMILES string of the molecule is CCOC(=O)N(Cc1ccccc1)C1CCN(CC2CN(Cc3ccccc3)CC2(O)c2ccccc2)CC1. The van der Waals surface area contributed by atoms with Crippen LogP contribution in [-0.2, 0) is 23.4 Å². The Morgan fingerprint density at radius 3 is 2.10 bits per heavy atom. The number of likely N-dealkylation sites (tertiary alicyclic amines) is 2. The Kier molecular flexibility index (Phi) is 8.97. The molecule has 39 heavy (non-hydrogen) atoms. The lowest BCUT2D eigenvalue weighted by Gasteiger charge is -2.40. The topological polar surface area (TPSA) is 56.2 Å². The number of ether oxygens (including phenoxy) is 1. The van der Waals surface area contributed by atoms with Crippen LogP contribution in [0.3, 0.4) is 0 Å². The first-order valence-electron chi connectivity index (χ1n) is 14.3. The molecule has 2 fully saturated rings. The van der Waals surface area contributed by atoms with E-state index in [1.807, 2.05) is 54.3 Å². The highest BCUT2D eigenvalue weighted by molar-refractivity contribution is 5.68. The van der Waals surface area contributed by atoms with Gasteiger partial charge in [0, 0.05) is 57.8 Å². The fourth-order valence-electron chi connectivity index (χ4n) is 6.28. The molecule has 0 bridgehead atoms. The van der Waals surface area contributed by atoms with E-state index in [9.17, 15) is 9.90 Å². The fourth-order valence-corrected chi connectivity index (χ4v) is 6.28. The number of nitrogens with zero attached hydrogens (tertiary/aromatic N) is 3. The first kappa shape index (κ1) is 27.4. The largest absolute Gasteiger partial charge is 0.450 e. The summed E-state index contributed by atoms with van der Waals surface area (Å²) in [6, 6.07) is 31.0. The van der Waals surface area contributed by atoms with Crippen LogP contribution in [0.4, 0.5) is 4.79 Å². The van der Waals surface area contributed by atoms with Crippen LogP contribution >= 0.6 is 0 Å². The lowest BCUT2D eigenvalue weighted by atomic mass is 9.83. The van der Waals surface area contributed by atoms with Crippen LogP contribution in [0.5, 0.6) is 0 Å². The molecule has 6 nitrogen and oxygen atoms in total. The summed E-state index contributed by atoms with van der Waals surface area (Å²) < 4.78 is 5.44. The van der Waals surface area contributed by atoms with Crippen LogP contribution in [0.15, 0.2) is 91.0 Å². The van der Waals surface area contributed by atoms with E-state index < -0.39 is 5.60 Å². The van der Waals surface area contributed by atoms with Crippen LogP contribution in [0, 0.1) is 5.92 Å². The van der Waals surface area contributed by atoms with Gasteiger partial charge in [-0.05, 0) is 36.5 Å². The zero-order valence-electron chi connectivity index (χ0n) is 23.0. The average molecular weight is 528 g/mol. The van der Waals surface area contributed by atoms with Gasteiger partial charge in [0.1, 0.15) is 5.60 Å². The molecular weight excluding hydrogens is 486 g/mol. The Balaban J connectivity index is 1.25. The molecule has 3 aromatic carbocycles. The van der Waals surface area contributed by atoms with E-state index in [4.69, 9.17) is 4.74 Å². The van der Waals surface area contributed by atoms with Gasteiger partial charge in [0.05, 0.1) is 6.61 Å². The van der Waals surface area contributed by atoms with Gasteiger partial charge in [0.2, 0.25) is 0 Å². The van der Waals surface area contributed by atoms with Crippen molar-refractivity contribution in [3.63, 3.8) is 0 Å². The molecule has 3 aromatic rings. The highest BCUT2D eigenvalue weighted by Crippen LogP contribution is 2.38. The average Bonchev–Trinajstić information content (AvgIpc) is 3.29. The van der Waals surface area contributed by atoms with Crippen LogP contribution in [0.25, 0.3) is 0 Å². The van der Waals surface area contributed by atoms with E-state index >= 15 is 0 Å². The van der Waals surface area contributed by atoms with Crippen LogP contribution in [-0.4, -0.2) is 71.3 Å². The van der Waals surface area contributed by atoms with E-state index in [-0.39, 0.29) is 18.1 Å². The number of carbonyl (C=O) groups is 1. The highest BCUT2D eigenvalue weighted by Gasteiger charge is 2.47. The van der Waals surface area contributed by atoms with Crippen molar-refractivity contribution in [2.45, 2.75) is 44.5 Å². The van der Waals surface area contributed by atoms with E-state index in [0.29, 0.717) is 19.7 Å². The molecule has 0 aliphatic carbocycles. The summed E-state index contributed by atoms with van der Waals surface area (Å²) >= 11 is 0. The number of benzene rings is 3. The Bertz CT molecular complexity index is 1170. The second-order valence-electron chi connectivity index (χ2n) is 11.0. The van der Waals surface area contributed by atoms with Gasteiger partial charge in [-0.15, -0.1) is 0 Å². The summed E-state index contributed by atoms with van der Waals surface area (Å²) in [5.41, 5.74) is 2.49. The van der Waals surface area contributed by atoms with Crippen molar-refractivity contribution in [1.82, 2.24) is 14.7 Å². The zero-order chi connectivity index (χ0) is 27.1. The standard InChI is InChI=1S/C33H41N3O3/c1-2-39-32(37)36(23-28-14-8-4-9-15-28)31-18-20-34(21-19-31)24-30-25-35(22-27-12-6-3-7-13-27)26-33(30,38)29-16-10-5-11-17-29/h3-17,30-31,38H,2,18-26H2,1H3. The molecule has 1 N–H and O–H groups in total. The summed E-state index contributed by atoms with van der Waals surface area (Å²) in [6.07, 6.45) is 1.57. The summed E-state index contributed by atoms with van der Waals surface area (Å²) in [7, 11) is 0. The molecule has 2 unspecified atom stereocenters. The maximum absolute atomic E-state index is 12.9. The van der Waals surface area contributed by atoms with Crippen LogP contribution in [0.2, 0.25) is 0 Å². The predicted molar refractivity (Wildman–Crippen MR) is 154 cm³/mol. The molecule has 5 rings (SSSR count). The fraction of sp³-hybridized carbons (Fsp3) is 0.424. The number of carbonyl (C=O) groups excluding carboxylic acids is 1. The van der Waals surface area contributed by atoms with Gasteiger partial charge in [-0.2, -0.15) is 0 Å². The Labute approximate surface area is 232 Å². The first-order valence-corrected chi connectivity index (χ1v) is 14.3. The number of hydrogen-bond acceptors (Lipinski definition) is 5. The maximum atomic E-state index is 12.9. The number of hydrogen-bond donors (Lipinski definition) is 1. The third kappa shape index (κ3) is 6.70. The molecule has 0 saturated carbocycles. The molecule has 2 saturated heterocycles. The number of β-amino-alcohol motifs (C(OH)–C–C–N with tert-alkyl or cyclic N) is 1. The minimum Gasteiger partial charge on any atom is -0.450 e. The Morgan fingerprint density at radius 1 is 0.897 bits per heavy atom. The molecule has 2 aliphatic heterocycles. The normalized spacial score (nSPS) is 22.6. The van der Waals surface area contributed by atoms with E-state index in [2.05, 4.69) is 58.3 Å². The minimum atomic E-state index is -0.892. The smallest absolute Gasteiger partial charge is 0.410 e.